The highest BCUT2D eigenvalue weighted by molar-refractivity contribution is 5.83. The van der Waals surface area contributed by atoms with Crippen molar-refractivity contribution in [1.29, 1.82) is 0 Å². The van der Waals surface area contributed by atoms with Gasteiger partial charge < -0.3 is 20.1 Å². The molecule has 0 aromatic carbocycles. The van der Waals surface area contributed by atoms with Gasteiger partial charge in [0.05, 0.1) is 6.10 Å². The van der Waals surface area contributed by atoms with Crippen LogP contribution in [-0.4, -0.2) is 53.3 Å². The van der Waals surface area contributed by atoms with E-state index in [1.807, 2.05) is 20.8 Å². The van der Waals surface area contributed by atoms with Gasteiger partial charge in [-0.2, -0.15) is 0 Å². The zero-order chi connectivity index (χ0) is 15.3. The van der Waals surface area contributed by atoms with Gasteiger partial charge in [0.25, 0.3) is 0 Å². The van der Waals surface area contributed by atoms with E-state index in [-0.39, 0.29) is 17.7 Å². The summed E-state index contributed by atoms with van der Waals surface area (Å²) in [4.78, 5) is 25.1. The lowest BCUT2D eigenvalue weighted by Gasteiger charge is -2.34. The summed E-state index contributed by atoms with van der Waals surface area (Å²) in [6.07, 6.45) is 2.61. The molecule has 1 rings (SSSR count). The molecule has 0 spiro atoms. The number of nitrogens with zero attached hydrogens (tertiary/aromatic N) is 1. The van der Waals surface area contributed by atoms with Crippen LogP contribution in [0.2, 0.25) is 0 Å². The van der Waals surface area contributed by atoms with Crippen molar-refractivity contribution < 1.29 is 19.4 Å². The van der Waals surface area contributed by atoms with E-state index < -0.39 is 12.0 Å². The summed E-state index contributed by atoms with van der Waals surface area (Å²) in [5.74, 6) is -0.977. The van der Waals surface area contributed by atoms with Crippen LogP contribution in [0.4, 0.5) is 4.79 Å². The largest absolute Gasteiger partial charge is 0.480 e. The predicted octanol–water partition coefficient (Wildman–Crippen LogP) is 1.84. The molecule has 1 heterocycles. The Bertz CT molecular complexity index is 347. The van der Waals surface area contributed by atoms with Crippen molar-refractivity contribution in [3.8, 4) is 0 Å². The number of methoxy groups -OCH3 is 1. The lowest BCUT2D eigenvalue weighted by molar-refractivity contribution is -0.141. The minimum Gasteiger partial charge on any atom is -0.480 e. The summed E-state index contributed by atoms with van der Waals surface area (Å²) in [5.41, 5.74) is -0.259. The van der Waals surface area contributed by atoms with Crippen LogP contribution in [0.3, 0.4) is 0 Å². The molecule has 0 bridgehead atoms. The maximum atomic E-state index is 12.4. The number of carbonyl (C=O) groups is 2. The molecular formula is C14H26N2O4. The van der Waals surface area contributed by atoms with Gasteiger partial charge in [-0.1, -0.05) is 20.8 Å². The minimum atomic E-state index is -0.977. The molecule has 2 amide bonds. The third-order valence-corrected chi connectivity index (χ3v) is 4.54. The first kappa shape index (κ1) is 16.8. The average Bonchev–Trinajstić information content (AvgIpc) is 2.89. The number of urea groups is 1. The fraction of sp³-hybridized carbons (Fsp3) is 0.857. The van der Waals surface area contributed by atoms with Gasteiger partial charge in [-0.05, 0) is 19.3 Å². The number of rotatable bonds is 6. The number of aliphatic carboxylic acids is 1. The third-order valence-electron chi connectivity index (χ3n) is 4.54. The lowest BCUT2D eigenvalue weighted by atomic mass is 9.90. The molecule has 2 unspecified atom stereocenters. The van der Waals surface area contributed by atoms with Crippen molar-refractivity contribution >= 4 is 12.0 Å². The van der Waals surface area contributed by atoms with Gasteiger partial charge in [-0.25, -0.2) is 9.59 Å². The molecule has 0 aliphatic carbocycles. The molecule has 0 radical (unpaired) electrons. The fourth-order valence-corrected chi connectivity index (χ4v) is 2.74. The molecule has 6 nitrogen and oxygen atoms in total. The summed E-state index contributed by atoms with van der Waals surface area (Å²) >= 11 is 0. The minimum absolute atomic E-state index is 0.207. The molecule has 1 saturated heterocycles. The molecule has 0 aromatic heterocycles. The smallest absolute Gasteiger partial charge is 0.326 e. The topological polar surface area (TPSA) is 78.9 Å². The molecule has 0 aromatic rings. The summed E-state index contributed by atoms with van der Waals surface area (Å²) < 4.78 is 5.20. The van der Waals surface area contributed by atoms with E-state index >= 15 is 0 Å². The number of hydrogen-bond acceptors (Lipinski definition) is 3. The Morgan fingerprint density at radius 2 is 1.85 bits per heavy atom. The molecule has 0 saturated carbocycles. The SMILES string of the molecule is CCC(CC)(CC)NC(=O)N1CC(OC)CC1C(=O)O. The maximum Gasteiger partial charge on any atom is 0.326 e. The Hall–Kier alpha value is -1.30. The van der Waals surface area contributed by atoms with Crippen molar-refractivity contribution in [2.45, 2.75) is 64.1 Å². The average molecular weight is 286 g/mol. The Morgan fingerprint density at radius 3 is 2.25 bits per heavy atom. The van der Waals surface area contributed by atoms with E-state index in [2.05, 4.69) is 5.32 Å². The van der Waals surface area contributed by atoms with Crippen LogP contribution in [0.5, 0.6) is 0 Å². The Kier molecular flexibility index (Phi) is 5.80. The summed E-state index contributed by atoms with van der Waals surface area (Å²) in [5, 5.41) is 12.3. The monoisotopic (exact) mass is 286 g/mol. The molecule has 2 N–H and O–H groups in total. The van der Waals surface area contributed by atoms with E-state index in [4.69, 9.17) is 4.74 Å². The molecule has 1 aliphatic rings. The first-order valence-corrected chi connectivity index (χ1v) is 7.27. The van der Waals surface area contributed by atoms with Gasteiger partial charge in [0.1, 0.15) is 6.04 Å². The van der Waals surface area contributed by atoms with Crippen LogP contribution in [0, 0.1) is 0 Å². The van der Waals surface area contributed by atoms with Crippen LogP contribution < -0.4 is 5.32 Å². The Balaban J connectivity index is 2.81. The van der Waals surface area contributed by atoms with Gasteiger partial charge in [0.2, 0.25) is 0 Å². The number of ether oxygens (including phenoxy) is 1. The molecule has 116 valence electrons. The quantitative estimate of drug-likeness (QED) is 0.781. The molecule has 1 fully saturated rings. The standard InChI is InChI=1S/C14H26N2O4/c1-5-14(6-2,7-3)15-13(19)16-9-10(20-4)8-11(16)12(17)18/h10-11H,5-9H2,1-4H3,(H,15,19)(H,17,18). The van der Waals surface area contributed by atoms with Crippen molar-refractivity contribution in [3.63, 3.8) is 0 Å². The van der Waals surface area contributed by atoms with Gasteiger partial charge in [0.15, 0.2) is 0 Å². The van der Waals surface area contributed by atoms with Gasteiger partial charge in [-0.15, -0.1) is 0 Å². The predicted molar refractivity (Wildman–Crippen MR) is 75.7 cm³/mol. The fourth-order valence-electron chi connectivity index (χ4n) is 2.74. The van der Waals surface area contributed by atoms with Crippen LogP contribution >= 0.6 is 0 Å². The number of likely N-dealkylation sites (tertiary alicyclic amines) is 1. The zero-order valence-electron chi connectivity index (χ0n) is 12.8. The van der Waals surface area contributed by atoms with E-state index in [1.165, 1.54) is 4.90 Å². The van der Waals surface area contributed by atoms with Crippen LogP contribution in [-0.2, 0) is 9.53 Å². The molecule has 1 aliphatic heterocycles. The highest BCUT2D eigenvalue weighted by atomic mass is 16.5. The van der Waals surface area contributed by atoms with Crippen LogP contribution in [0.1, 0.15) is 46.5 Å². The van der Waals surface area contributed by atoms with E-state index in [9.17, 15) is 14.7 Å². The number of carboxylic acid groups (broad SMARTS) is 1. The van der Waals surface area contributed by atoms with E-state index in [0.29, 0.717) is 13.0 Å². The number of hydrogen-bond donors (Lipinski definition) is 2. The highest BCUT2D eigenvalue weighted by Crippen LogP contribution is 2.24. The number of amides is 2. The van der Waals surface area contributed by atoms with E-state index in [0.717, 1.165) is 19.3 Å². The second kappa shape index (κ2) is 6.92. The van der Waals surface area contributed by atoms with Crippen molar-refractivity contribution in [1.82, 2.24) is 10.2 Å². The Morgan fingerprint density at radius 1 is 1.30 bits per heavy atom. The van der Waals surface area contributed by atoms with Crippen molar-refractivity contribution in [2.24, 2.45) is 0 Å². The van der Waals surface area contributed by atoms with Gasteiger partial charge in [-0.3, -0.25) is 0 Å². The van der Waals surface area contributed by atoms with Crippen LogP contribution in [0.15, 0.2) is 0 Å². The lowest BCUT2D eigenvalue weighted by Crippen LogP contribution is -2.54. The second-order valence-corrected chi connectivity index (χ2v) is 5.37. The third kappa shape index (κ3) is 3.42. The van der Waals surface area contributed by atoms with Crippen molar-refractivity contribution in [2.75, 3.05) is 13.7 Å². The summed E-state index contributed by atoms with van der Waals surface area (Å²) in [7, 11) is 1.54. The number of carbonyl (C=O) groups excluding carboxylic acids is 1. The maximum absolute atomic E-state index is 12.4. The first-order chi connectivity index (χ1) is 9.42. The molecular weight excluding hydrogens is 260 g/mol. The number of carboxylic acids is 1. The van der Waals surface area contributed by atoms with Gasteiger partial charge >= 0.3 is 12.0 Å². The van der Waals surface area contributed by atoms with Gasteiger partial charge in [0, 0.05) is 25.6 Å². The van der Waals surface area contributed by atoms with Crippen LogP contribution in [0.25, 0.3) is 0 Å². The second-order valence-electron chi connectivity index (χ2n) is 5.37. The summed E-state index contributed by atoms with van der Waals surface area (Å²) in [6.45, 7) is 6.42. The molecule has 2 atom stereocenters. The van der Waals surface area contributed by atoms with Crippen molar-refractivity contribution in [3.05, 3.63) is 0 Å². The molecule has 6 heteroatoms. The van der Waals surface area contributed by atoms with E-state index in [1.54, 1.807) is 7.11 Å². The summed E-state index contributed by atoms with van der Waals surface area (Å²) in [6, 6.07) is -1.11. The normalized spacial score (nSPS) is 22.9. The number of nitrogens with one attached hydrogen (secondary N) is 1. The highest BCUT2D eigenvalue weighted by Gasteiger charge is 2.41. The molecule has 20 heavy (non-hydrogen) atoms. The Labute approximate surface area is 120 Å². The zero-order valence-corrected chi connectivity index (χ0v) is 12.8. The first-order valence-electron chi connectivity index (χ1n) is 7.27.